The van der Waals surface area contributed by atoms with E-state index in [1.165, 1.54) is 4.90 Å². The Morgan fingerprint density at radius 3 is 2.68 bits per heavy atom. The summed E-state index contributed by atoms with van der Waals surface area (Å²) < 4.78 is 0. The van der Waals surface area contributed by atoms with Crippen molar-refractivity contribution in [3.05, 3.63) is 0 Å². The molecular formula is C15H26N4O3. The fourth-order valence-corrected chi connectivity index (χ4v) is 3.07. The highest BCUT2D eigenvalue weighted by Crippen LogP contribution is 2.20. The molecule has 22 heavy (non-hydrogen) atoms. The maximum Gasteiger partial charge on any atom is 0.317 e. The molecule has 0 aromatic heterocycles. The third-order valence-corrected chi connectivity index (χ3v) is 4.32. The number of carbonyl (C=O) groups excluding carboxylic acids is 3. The smallest absolute Gasteiger partial charge is 0.317 e. The summed E-state index contributed by atoms with van der Waals surface area (Å²) in [5.41, 5.74) is 0. The molecule has 1 N–H and O–H groups in total. The van der Waals surface area contributed by atoms with Crippen molar-refractivity contribution in [1.29, 1.82) is 0 Å². The van der Waals surface area contributed by atoms with Gasteiger partial charge in [0, 0.05) is 46.7 Å². The van der Waals surface area contributed by atoms with Gasteiger partial charge in [-0.2, -0.15) is 0 Å². The summed E-state index contributed by atoms with van der Waals surface area (Å²) in [5, 5.41) is 2.61. The van der Waals surface area contributed by atoms with Gasteiger partial charge < -0.3 is 20.0 Å². The summed E-state index contributed by atoms with van der Waals surface area (Å²) in [5.74, 6) is 0.540. The molecule has 2 aliphatic rings. The number of amides is 4. The lowest BCUT2D eigenvalue weighted by Gasteiger charge is -2.34. The van der Waals surface area contributed by atoms with Crippen LogP contribution in [0.1, 0.15) is 25.7 Å². The molecule has 2 fully saturated rings. The molecule has 0 radical (unpaired) electrons. The third kappa shape index (κ3) is 4.35. The normalized spacial score (nSPS) is 21.9. The molecule has 124 valence electrons. The van der Waals surface area contributed by atoms with E-state index in [1.54, 1.807) is 14.1 Å². The Hall–Kier alpha value is -1.79. The summed E-state index contributed by atoms with van der Waals surface area (Å²) in [6.07, 6.45) is 3.62. The fourth-order valence-electron chi connectivity index (χ4n) is 3.07. The molecule has 0 spiro atoms. The first-order valence-electron chi connectivity index (χ1n) is 7.98. The predicted molar refractivity (Wildman–Crippen MR) is 82.2 cm³/mol. The van der Waals surface area contributed by atoms with E-state index >= 15 is 0 Å². The molecule has 0 aromatic rings. The fraction of sp³-hybridized carbons (Fsp3) is 0.800. The first-order valence-corrected chi connectivity index (χ1v) is 7.98. The summed E-state index contributed by atoms with van der Waals surface area (Å²) >= 11 is 0. The number of nitrogens with one attached hydrogen (secondary N) is 1. The Morgan fingerprint density at radius 2 is 2.05 bits per heavy atom. The van der Waals surface area contributed by atoms with Crippen molar-refractivity contribution in [2.45, 2.75) is 25.7 Å². The van der Waals surface area contributed by atoms with Gasteiger partial charge in [0.15, 0.2) is 0 Å². The van der Waals surface area contributed by atoms with Crippen molar-refractivity contribution in [2.75, 3.05) is 46.8 Å². The van der Waals surface area contributed by atoms with Crippen LogP contribution in [0.25, 0.3) is 0 Å². The average Bonchev–Trinajstić information content (AvgIpc) is 2.89. The summed E-state index contributed by atoms with van der Waals surface area (Å²) in [7, 11) is 3.29. The molecule has 0 aliphatic carbocycles. The molecule has 7 heteroatoms. The van der Waals surface area contributed by atoms with E-state index in [0.717, 1.165) is 38.9 Å². The molecule has 1 atom stereocenters. The van der Waals surface area contributed by atoms with Crippen LogP contribution < -0.4 is 5.32 Å². The van der Waals surface area contributed by atoms with E-state index in [4.69, 9.17) is 0 Å². The molecule has 4 amide bonds. The maximum absolute atomic E-state index is 12.2. The second kappa shape index (κ2) is 7.47. The number of piperidine rings is 1. The van der Waals surface area contributed by atoms with Gasteiger partial charge in [-0.25, -0.2) is 4.79 Å². The molecule has 2 rings (SSSR count). The number of carbonyl (C=O) groups is 3. The largest absolute Gasteiger partial charge is 0.342 e. The van der Waals surface area contributed by atoms with Crippen molar-refractivity contribution < 1.29 is 14.4 Å². The molecule has 7 nitrogen and oxygen atoms in total. The lowest BCUT2D eigenvalue weighted by atomic mass is 9.97. The highest BCUT2D eigenvalue weighted by molar-refractivity contribution is 5.84. The Labute approximate surface area is 131 Å². The number of urea groups is 1. The summed E-state index contributed by atoms with van der Waals surface area (Å²) in [6.45, 7) is 3.06. The van der Waals surface area contributed by atoms with Crippen molar-refractivity contribution in [2.24, 2.45) is 5.92 Å². The van der Waals surface area contributed by atoms with Gasteiger partial charge in [0.1, 0.15) is 0 Å². The summed E-state index contributed by atoms with van der Waals surface area (Å²) in [4.78, 5) is 40.5. The Bertz CT molecular complexity index is 439. The van der Waals surface area contributed by atoms with Crippen molar-refractivity contribution >= 4 is 17.8 Å². The highest BCUT2D eigenvalue weighted by atomic mass is 16.2. The standard InChI is InChI=1S/C15H26N4O3/c1-17(2)15(22)16-9-14(21)19-7-3-5-12(11-19)10-18-8-4-6-13(18)20/h12H,3-11H2,1-2H3,(H,16,22). The van der Waals surface area contributed by atoms with Crippen molar-refractivity contribution in [3.63, 3.8) is 0 Å². The Balaban J connectivity index is 1.78. The first kappa shape index (κ1) is 16.6. The molecule has 2 aliphatic heterocycles. The SMILES string of the molecule is CN(C)C(=O)NCC(=O)N1CCCC(CN2CCCC2=O)C1. The number of nitrogens with zero attached hydrogens (tertiary/aromatic N) is 3. The summed E-state index contributed by atoms with van der Waals surface area (Å²) in [6, 6.07) is -0.260. The van der Waals surface area contributed by atoms with Gasteiger partial charge in [0.25, 0.3) is 0 Å². The highest BCUT2D eigenvalue weighted by Gasteiger charge is 2.28. The average molecular weight is 310 g/mol. The van der Waals surface area contributed by atoms with Crippen LogP contribution in [-0.2, 0) is 9.59 Å². The van der Waals surface area contributed by atoms with E-state index in [2.05, 4.69) is 5.32 Å². The van der Waals surface area contributed by atoms with Crippen LogP contribution in [0.3, 0.4) is 0 Å². The van der Waals surface area contributed by atoms with Crippen LogP contribution in [0.5, 0.6) is 0 Å². The van der Waals surface area contributed by atoms with Gasteiger partial charge in [-0.15, -0.1) is 0 Å². The van der Waals surface area contributed by atoms with Crippen LogP contribution >= 0.6 is 0 Å². The zero-order valence-corrected chi connectivity index (χ0v) is 13.5. The second-order valence-corrected chi connectivity index (χ2v) is 6.34. The number of hydrogen-bond acceptors (Lipinski definition) is 3. The van der Waals surface area contributed by atoms with Gasteiger partial charge in [0.2, 0.25) is 11.8 Å². The molecule has 0 aromatic carbocycles. The lowest BCUT2D eigenvalue weighted by molar-refractivity contribution is -0.132. The quantitative estimate of drug-likeness (QED) is 0.801. The zero-order valence-electron chi connectivity index (χ0n) is 13.5. The predicted octanol–water partition coefficient (Wildman–Crippen LogP) is 0.119. The van der Waals surface area contributed by atoms with E-state index in [9.17, 15) is 14.4 Å². The van der Waals surface area contributed by atoms with Crippen molar-refractivity contribution in [1.82, 2.24) is 20.0 Å². The molecule has 1 unspecified atom stereocenters. The van der Waals surface area contributed by atoms with Crippen LogP contribution in [0.2, 0.25) is 0 Å². The van der Waals surface area contributed by atoms with E-state index in [1.807, 2.05) is 9.80 Å². The Kier molecular flexibility index (Phi) is 5.63. The van der Waals surface area contributed by atoms with E-state index in [0.29, 0.717) is 18.9 Å². The topological polar surface area (TPSA) is 73.0 Å². The van der Waals surface area contributed by atoms with E-state index in [-0.39, 0.29) is 24.4 Å². The van der Waals surface area contributed by atoms with Crippen LogP contribution in [0.15, 0.2) is 0 Å². The van der Waals surface area contributed by atoms with Crippen LogP contribution in [-0.4, -0.2) is 79.4 Å². The number of likely N-dealkylation sites (tertiary alicyclic amines) is 2. The monoisotopic (exact) mass is 310 g/mol. The molecular weight excluding hydrogens is 284 g/mol. The van der Waals surface area contributed by atoms with Crippen molar-refractivity contribution in [3.8, 4) is 0 Å². The van der Waals surface area contributed by atoms with E-state index < -0.39 is 0 Å². The van der Waals surface area contributed by atoms with Gasteiger partial charge in [-0.1, -0.05) is 0 Å². The van der Waals surface area contributed by atoms with Gasteiger partial charge in [-0.3, -0.25) is 9.59 Å². The number of rotatable bonds is 4. The third-order valence-electron chi connectivity index (χ3n) is 4.32. The molecule has 0 bridgehead atoms. The molecule has 2 heterocycles. The molecule has 0 saturated carbocycles. The van der Waals surface area contributed by atoms with Gasteiger partial charge >= 0.3 is 6.03 Å². The zero-order chi connectivity index (χ0) is 16.1. The number of hydrogen-bond donors (Lipinski definition) is 1. The minimum Gasteiger partial charge on any atom is -0.342 e. The van der Waals surface area contributed by atoms with Crippen LogP contribution in [0, 0.1) is 5.92 Å². The first-order chi connectivity index (χ1) is 10.5. The van der Waals surface area contributed by atoms with Gasteiger partial charge in [0.05, 0.1) is 6.54 Å². The van der Waals surface area contributed by atoms with Crippen LogP contribution in [0.4, 0.5) is 4.79 Å². The second-order valence-electron chi connectivity index (χ2n) is 6.34. The Morgan fingerprint density at radius 1 is 1.27 bits per heavy atom. The molecule has 2 saturated heterocycles. The lowest BCUT2D eigenvalue weighted by Crippen LogP contribution is -2.48. The minimum absolute atomic E-state index is 0.0341. The maximum atomic E-state index is 12.2. The minimum atomic E-state index is -0.260. The van der Waals surface area contributed by atoms with Gasteiger partial charge in [-0.05, 0) is 25.2 Å².